The maximum absolute atomic E-state index is 12.2. The molecule has 0 spiro atoms. The number of nitrogens with zero attached hydrogens (tertiary/aromatic N) is 2. The summed E-state index contributed by atoms with van der Waals surface area (Å²) in [6, 6.07) is 13.7. The quantitative estimate of drug-likeness (QED) is 0.449. The van der Waals surface area contributed by atoms with Crippen LogP contribution in [0.3, 0.4) is 0 Å². The highest BCUT2D eigenvalue weighted by molar-refractivity contribution is 8.00. The Hall–Kier alpha value is -2.05. The van der Waals surface area contributed by atoms with E-state index < -0.39 is 4.92 Å². The highest BCUT2D eigenvalue weighted by atomic mass is 35.5. The standard InChI is InChI=1S/C16H15ClN2O3S/c1-18(10-12-6-2-4-8-14(12)19(21)22)16(20)11-23-15-9-5-3-7-13(15)17/h2-9H,10-11H2,1H3. The Kier molecular flexibility index (Phi) is 6.01. The van der Waals surface area contributed by atoms with Crippen LogP contribution in [-0.4, -0.2) is 28.5 Å². The summed E-state index contributed by atoms with van der Waals surface area (Å²) >= 11 is 7.40. The van der Waals surface area contributed by atoms with Crippen LogP contribution < -0.4 is 0 Å². The van der Waals surface area contributed by atoms with Gasteiger partial charge in [-0.1, -0.05) is 41.9 Å². The van der Waals surface area contributed by atoms with Crippen LogP contribution in [0.15, 0.2) is 53.4 Å². The van der Waals surface area contributed by atoms with Crippen molar-refractivity contribution in [2.45, 2.75) is 11.4 Å². The lowest BCUT2D eigenvalue weighted by Crippen LogP contribution is -2.28. The smallest absolute Gasteiger partial charge is 0.274 e. The molecule has 0 aliphatic heterocycles. The molecule has 0 N–H and O–H groups in total. The van der Waals surface area contributed by atoms with Gasteiger partial charge in [-0.3, -0.25) is 14.9 Å². The first kappa shape index (κ1) is 17.3. The predicted molar refractivity (Wildman–Crippen MR) is 91.7 cm³/mol. The van der Waals surface area contributed by atoms with Crippen molar-refractivity contribution in [1.29, 1.82) is 0 Å². The predicted octanol–water partition coefficient (Wildman–Crippen LogP) is 4.00. The van der Waals surface area contributed by atoms with Gasteiger partial charge < -0.3 is 4.90 Å². The van der Waals surface area contributed by atoms with E-state index in [0.717, 1.165) is 4.90 Å². The number of halogens is 1. The van der Waals surface area contributed by atoms with E-state index in [1.807, 2.05) is 18.2 Å². The monoisotopic (exact) mass is 350 g/mol. The number of carbonyl (C=O) groups is 1. The van der Waals surface area contributed by atoms with Gasteiger partial charge in [0.15, 0.2) is 0 Å². The van der Waals surface area contributed by atoms with Crippen molar-refractivity contribution in [2.24, 2.45) is 0 Å². The first-order valence-electron chi connectivity index (χ1n) is 6.82. The molecule has 5 nitrogen and oxygen atoms in total. The molecule has 0 saturated heterocycles. The van der Waals surface area contributed by atoms with Gasteiger partial charge in [-0.15, -0.1) is 11.8 Å². The molecule has 1 amide bonds. The summed E-state index contributed by atoms with van der Waals surface area (Å²) in [5.41, 5.74) is 0.530. The third kappa shape index (κ3) is 4.71. The number of carbonyl (C=O) groups excluding carboxylic acids is 1. The lowest BCUT2D eigenvalue weighted by molar-refractivity contribution is -0.385. The van der Waals surface area contributed by atoms with Gasteiger partial charge in [0.05, 0.1) is 22.2 Å². The summed E-state index contributed by atoms with van der Waals surface area (Å²) in [6.07, 6.45) is 0. The molecular formula is C16H15ClN2O3S. The Morgan fingerprint density at radius 1 is 1.22 bits per heavy atom. The van der Waals surface area contributed by atoms with E-state index in [2.05, 4.69) is 0 Å². The fraction of sp³-hybridized carbons (Fsp3) is 0.188. The number of benzene rings is 2. The topological polar surface area (TPSA) is 63.4 Å². The number of rotatable bonds is 6. The molecule has 23 heavy (non-hydrogen) atoms. The molecule has 0 bridgehead atoms. The molecule has 0 aliphatic carbocycles. The third-order valence-corrected chi connectivity index (χ3v) is 4.71. The lowest BCUT2D eigenvalue weighted by atomic mass is 10.1. The minimum atomic E-state index is -0.438. The first-order chi connectivity index (χ1) is 11.0. The molecule has 0 radical (unpaired) electrons. The Bertz CT molecular complexity index is 724. The maximum Gasteiger partial charge on any atom is 0.274 e. The Morgan fingerprint density at radius 3 is 2.57 bits per heavy atom. The number of para-hydroxylation sites is 1. The molecule has 0 atom stereocenters. The number of nitro groups is 1. The Balaban J connectivity index is 1.98. The molecule has 0 heterocycles. The summed E-state index contributed by atoms with van der Waals surface area (Å²) in [4.78, 5) is 25.1. The molecule has 2 aromatic carbocycles. The molecule has 0 saturated carbocycles. The van der Waals surface area contributed by atoms with E-state index >= 15 is 0 Å². The van der Waals surface area contributed by atoms with E-state index in [1.54, 1.807) is 31.3 Å². The van der Waals surface area contributed by atoms with Crippen molar-refractivity contribution in [2.75, 3.05) is 12.8 Å². The number of hydrogen-bond donors (Lipinski definition) is 0. The van der Waals surface area contributed by atoms with Gasteiger partial charge in [-0.2, -0.15) is 0 Å². The minimum absolute atomic E-state index is 0.0194. The average Bonchev–Trinajstić information content (AvgIpc) is 2.54. The second kappa shape index (κ2) is 7.99. The highest BCUT2D eigenvalue weighted by Crippen LogP contribution is 2.27. The van der Waals surface area contributed by atoms with Crippen molar-refractivity contribution >= 4 is 35.0 Å². The lowest BCUT2D eigenvalue weighted by Gasteiger charge is -2.17. The average molecular weight is 351 g/mol. The summed E-state index contributed by atoms with van der Waals surface area (Å²) in [5, 5.41) is 11.6. The zero-order valence-corrected chi connectivity index (χ0v) is 14.0. The molecule has 0 aliphatic rings. The second-order valence-electron chi connectivity index (χ2n) is 4.85. The zero-order chi connectivity index (χ0) is 16.8. The van der Waals surface area contributed by atoms with E-state index in [1.165, 1.54) is 22.7 Å². The first-order valence-corrected chi connectivity index (χ1v) is 8.19. The van der Waals surface area contributed by atoms with Crippen LogP contribution in [0.2, 0.25) is 5.02 Å². The maximum atomic E-state index is 12.2. The van der Waals surface area contributed by atoms with Gasteiger partial charge >= 0.3 is 0 Å². The van der Waals surface area contributed by atoms with Crippen molar-refractivity contribution in [3.8, 4) is 0 Å². The van der Waals surface area contributed by atoms with Crippen LogP contribution in [0.4, 0.5) is 5.69 Å². The van der Waals surface area contributed by atoms with Crippen LogP contribution in [0.5, 0.6) is 0 Å². The molecule has 7 heteroatoms. The third-order valence-electron chi connectivity index (χ3n) is 3.21. The van der Waals surface area contributed by atoms with Crippen LogP contribution in [0.1, 0.15) is 5.56 Å². The molecule has 120 valence electrons. The van der Waals surface area contributed by atoms with Gasteiger partial charge in [-0.25, -0.2) is 0 Å². The van der Waals surface area contributed by atoms with Gasteiger partial charge in [0.25, 0.3) is 5.69 Å². The number of amides is 1. The van der Waals surface area contributed by atoms with Crippen LogP contribution in [0.25, 0.3) is 0 Å². The number of hydrogen-bond acceptors (Lipinski definition) is 4. The fourth-order valence-electron chi connectivity index (χ4n) is 1.98. The molecule has 0 aromatic heterocycles. The van der Waals surface area contributed by atoms with Gasteiger partial charge in [-0.05, 0) is 12.1 Å². The van der Waals surface area contributed by atoms with Crippen LogP contribution in [-0.2, 0) is 11.3 Å². The number of thioether (sulfide) groups is 1. The van der Waals surface area contributed by atoms with Crippen molar-refractivity contribution < 1.29 is 9.72 Å². The van der Waals surface area contributed by atoms with E-state index in [9.17, 15) is 14.9 Å². The largest absolute Gasteiger partial charge is 0.340 e. The SMILES string of the molecule is CN(Cc1ccccc1[N+](=O)[O-])C(=O)CSc1ccccc1Cl. The van der Waals surface area contributed by atoms with Crippen molar-refractivity contribution in [3.63, 3.8) is 0 Å². The molecule has 0 fully saturated rings. The second-order valence-corrected chi connectivity index (χ2v) is 6.28. The summed E-state index contributed by atoms with van der Waals surface area (Å²) in [7, 11) is 1.63. The van der Waals surface area contributed by atoms with Gasteiger partial charge in [0.1, 0.15) is 0 Å². The molecular weight excluding hydrogens is 336 g/mol. The van der Waals surface area contributed by atoms with Crippen LogP contribution in [0, 0.1) is 10.1 Å². The van der Waals surface area contributed by atoms with Crippen molar-refractivity contribution in [3.05, 3.63) is 69.2 Å². The minimum Gasteiger partial charge on any atom is -0.340 e. The Labute approximate surface area is 143 Å². The molecule has 2 aromatic rings. The Morgan fingerprint density at radius 2 is 1.87 bits per heavy atom. The fourth-order valence-corrected chi connectivity index (χ4v) is 3.16. The van der Waals surface area contributed by atoms with Crippen molar-refractivity contribution in [1.82, 2.24) is 4.90 Å². The summed E-state index contributed by atoms with van der Waals surface area (Å²) in [5.74, 6) is 0.106. The molecule has 2 rings (SSSR count). The summed E-state index contributed by atoms with van der Waals surface area (Å²) < 4.78 is 0. The normalized spacial score (nSPS) is 10.3. The van der Waals surface area contributed by atoms with Gasteiger partial charge in [0.2, 0.25) is 5.91 Å². The van der Waals surface area contributed by atoms with Crippen LogP contribution >= 0.6 is 23.4 Å². The van der Waals surface area contributed by atoms with Gasteiger partial charge in [0, 0.05) is 23.6 Å². The van der Waals surface area contributed by atoms with E-state index in [-0.39, 0.29) is 23.9 Å². The molecule has 0 unspecified atom stereocenters. The highest BCUT2D eigenvalue weighted by Gasteiger charge is 2.17. The zero-order valence-electron chi connectivity index (χ0n) is 12.4. The van der Waals surface area contributed by atoms with E-state index in [4.69, 9.17) is 11.6 Å². The number of nitro benzene ring substituents is 1. The summed E-state index contributed by atoms with van der Waals surface area (Å²) in [6.45, 7) is 0.194. The van der Waals surface area contributed by atoms with E-state index in [0.29, 0.717) is 10.6 Å².